The Kier molecular flexibility index (Phi) is 4.00. The minimum absolute atomic E-state index is 0.253. The summed E-state index contributed by atoms with van der Waals surface area (Å²) in [5.41, 5.74) is -0.511. The first-order chi connectivity index (χ1) is 9.58. The lowest BCUT2D eigenvalue weighted by molar-refractivity contribution is -0.275. The smallest absolute Gasteiger partial charge is 0.443 e. The van der Waals surface area contributed by atoms with Gasteiger partial charge in [0, 0.05) is 10.0 Å². The standard InChI is InChI=1S/C11H7BrF5NO3/c12-5-1-2-7(21-11(15,16)17)6(3-5)8-10(13,14)4-20-9(19)18-8/h1-3,8H,4H2,(H,18,19)/t8-/m0/s1. The number of alkyl halides is 5. The lowest BCUT2D eigenvalue weighted by Gasteiger charge is -2.32. The second-order valence-electron chi connectivity index (χ2n) is 4.14. The van der Waals surface area contributed by atoms with Gasteiger partial charge in [-0.2, -0.15) is 0 Å². The average molecular weight is 376 g/mol. The quantitative estimate of drug-likeness (QED) is 0.800. The molecule has 0 bridgehead atoms. The van der Waals surface area contributed by atoms with E-state index in [1.165, 1.54) is 6.07 Å². The topological polar surface area (TPSA) is 47.6 Å². The lowest BCUT2D eigenvalue weighted by Crippen LogP contribution is -2.49. The predicted molar refractivity (Wildman–Crippen MR) is 63.0 cm³/mol. The summed E-state index contributed by atoms with van der Waals surface area (Å²) >= 11 is 2.97. The molecule has 116 valence electrons. The van der Waals surface area contributed by atoms with E-state index in [2.05, 4.69) is 25.4 Å². The Bertz CT molecular complexity index is 563. The van der Waals surface area contributed by atoms with Crippen molar-refractivity contribution in [3.05, 3.63) is 28.2 Å². The first kappa shape index (κ1) is 15.8. The van der Waals surface area contributed by atoms with Crippen molar-refractivity contribution in [3.63, 3.8) is 0 Å². The van der Waals surface area contributed by atoms with Crippen LogP contribution in [0.3, 0.4) is 0 Å². The highest BCUT2D eigenvalue weighted by Crippen LogP contribution is 2.41. The van der Waals surface area contributed by atoms with Gasteiger partial charge in [-0.05, 0) is 18.2 Å². The van der Waals surface area contributed by atoms with Gasteiger partial charge in [-0.25, -0.2) is 13.6 Å². The molecule has 1 heterocycles. The Morgan fingerprint density at radius 2 is 2.05 bits per heavy atom. The molecule has 21 heavy (non-hydrogen) atoms. The van der Waals surface area contributed by atoms with Crippen molar-refractivity contribution in [2.45, 2.75) is 18.3 Å². The molecule has 1 fully saturated rings. The molecular formula is C11H7BrF5NO3. The molecule has 10 heteroatoms. The fraction of sp³-hybridized carbons (Fsp3) is 0.364. The van der Waals surface area contributed by atoms with Crippen LogP contribution in [0.15, 0.2) is 22.7 Å². The van der Waals surface area contributed by atoms with E-state index in [4.69, 9.17) is 0 Å². The number of nitrogens with one attached hydrogen (secondary N) is 1. The molecule has 1 aliphatic rings. The van der Waals surface area contributed by atoms with Crippen LogP contribution in [-0.4, -0.2) is 25.0 Å². The molecule has 0 spiro atoms. The Labute approximate surface area is 123 Å². The van der Waals surface area contributed by atoms with Crippen LogP contribution >= 0.6 is 15.9 Å². The molecule has 1 aliphatic heterocycles. The number of alkyl carbamates (subject to hydrolysis) is 1. The minimum Gasteiger partial charge on any atom is -0.443 e. The molecule has 4 nitrogen and oxygen atoms in total. The van der Waals surface area contributed by atoms with Crippen molar-refractivity contribution in [2.75, 3.05) is 6.61 Å². The van der Waals surface area contributed by atoms with Crippen LogP contribution in [-0.2, 0) is 4.74 Å². The highest BCUT2D eigenvalue weighted by Gasteiger charge is 2.48. The molecule has 0 radical (unpaired) electrons. The van der Waals surface area contributed by atoms with Crippen molar-refractivity contribution in [2.24, 2.45) is 0 Å². The number of rotatable bonds is 2. The molecule has 2 rings (SSSR count). The fourth-order valence-electron chi connectivity index (χ4n) is 1.78. The van der Waals surface area contributed by atoms with Gasteiger partial charge in [0.2, 0.25) is 0 Å². The van der Waals surface area contributed by atoms with Crippen LogP contribution in [0.1, 0.15) is 11.6 Å². The van der Waals surface area contributed by atoms with Crippen molar-refractivity contribution in [1.82, 2.24) is 5.32 Å². The molecule has 1 N–H and O–H groups in total. The normalized spacial score (nSPS) is 21.4. The number of amides is 1. The maximum atomic E-state index is 13.8. The number of cyclic esters (lactones) is 1. The zero-order valence-electron chi connectivity index (χ0n) is 10.0. The average Bonchev–Trinajstić information content (AvgIpc) is 2.33. The highest BCUT2D eigenvalue weighted by molar-refractivity contribution is 9.10. The van der Waals surface area contributed by atoms with E-state index in [-0.39, 0.29) is 4.47 Å². The molecule has 1 saturated heterocycles. The van der Waals surface area contributed by atoms with Gasteiger partial charge in [-0.15, -0.1) is 13.2 Å². The maximum Gasteiger partial charge on any atom is 0.573 e. The van der Waals surface area contributed by atoms with E-state index in [0.29, 0.717) is 0 Å². The highest BCUT2D eigenvalue weighted by atomic mass is 79.9. The van der Waals surface area contributed by atoms with Crippen molar-refractivity contribution in [1.29, 1.82) is 0 Å². The van der Waals surface area contributed by atoms with Gasteiger partial charge >= 0.3 is 18.4 Å². The summed E-state index contributed by atoms with van der Waals surface area (Å²) in [5, 5.41) is 1.80. The third kappa shape index (κ3) is 3.74. The summed E-state index contributed by atoms with van der Waals surface area (Å²) in [4.78, 5) is 11.1. The summed E-state index contributed by atoms with van der Waals surface area (Å²) in [7, 11) is 0. The molecule has 0 unspecified atom stereocenters. The Balaban J connectivity index is 2.45. The van der Waals surface area contributed by atoms with Crippen LogP contribution in [0.25, 0.3) is 0 Å². The molecule has 0 aromatic heterocycles. The van der Waals surface area contributed by atoms with Crippen molar-refractivity contribution in [3.8, 4) is 5.75 Å². The first-order valence-corrected chi connectivity index (χ1v) is 6.24. The van der Waals surface area contributed by atoms with E-state index >= 15 is 0 Å². The van der Waals surface area contributed by atoms with Crippen LogP contribution in [0.4, 0.5) is 26.7 Å². The summed E-state index contributed by atoms with van der Waals surface area (Å²) < 4.78 is 72.7. The van der Waals surface area contributed by atoms with E-state index in [9.17, 15) is 26.7 Å². The SMILES string of the molecule is O=C1N[C@@H](c2cc(Br)ccc2OC(F)(F)F)C(F)(F)CO1. The van der Waals surface area contributed by atoms with Crippen molar-refractivity contribution >= 4 is 22.0 Å². The third-order valence-corrected chi connectivity index (χ3v) is 3.08. The van der Waals surface area contributed by atoms with Gasteiger partial charge in [-0.3, -0.25) is 0 Å². The zero-order chi connectivity index (χ0) is 15.8. The maximum absolute atomic E-state index is 13.8. The lowest BCUT2D eigenvalue weighted by atomic mass is 9.99. The molecule has 1 aromatic carbocycles. The summed E-state index contributed by atoms with van der Waals surface area (Å²) in [6.45, 7) is -1.23. The molecule has 0 saturated carbocycles. The number of hydrogen-bond donors (Lipinski definition) is 1. The predicted octanol–water partition coefficient (Wildman–Crippen LogP) is 3.76. The van der Waals surface area contributed by atoms with Gasteiger partial charge in [0.25, 0.3) is 0 Å². The monoisotopic (exact) mass is 375 g/mol. The summed E-state index contributed by atoms with van der Waals surface area (Å²) in [5.74, 6) is -4.41. The number of halogens is 6. The van der Waals surface area contributed by atoms with E-state index in [1.54, 1.807) is 5.32 Å². The number of hydrogen-bond acceptors (Lipinski definition) is 3. The Morgan fingerprint density at radius 3 is 2.67 bits per heavy atom. The van der Waals surface area contributed by atoms with Crippen LogP contribution < -0.4 is 10.1 Å². The largest absolute Gasteiger partial charge is 0.573 e. The second-order valence-corrected chi connectivity index (χ2v) is 5.06. The molecule has 1 atom stereocenters. The zero-order valence-corrected chi connectivity index (χ0v) is 11.6. The number of carbonyl (C=O) groups is 1. The Morgan fingerprint density at radius 1 is 1.38 bits per heavy atom. The van der Waals surface area contributed by atoms with E-state index in [0.717, 1.165) is 12.1 Å². The van der Waals surface area contributed by atoms with Crippen molar-refractivity contribution < 1.29 is 36.2 Å². The number of carbonyl (C=O) groups excluding carboxylic acids is 1. The molecular weight excluding hydrogens is 369 g/mol. The molecule has 1 amide bonds. The van der Waals surface area contributed by atoms with Gasteiger partial charge in [0.1, 0.15) is 11.8 Å². The third-order valence-electron chi connectivity index (χ3n) is 2.59. The van der Waals surface area contributed by atoms with Gasteiger partial charge < -0.3 is 14.8 Å². The number of ether oxygens (including phenoxy) is 2. The summed E-state index contributed by atoms with van der Waals surface area (Å²) in [6.07, 6.45) is -6.20. The van der Waals surface area contributed by atoms with E-state index in [1.807, 2.05) is 0 Å². The van der Waals surface area contributed by atoms with E-state index < -0.39 is 42.3 Å². The van der Waals surface area contributed by atoms with Crippen LogP contribution in [0.5, 0.6) is 5.75 Å². The fourth-order valence-corrected chi connectivity index (χ4v) is 2.16. The van der Waals surface area contributed by atoms with Gasteiger partial charge in [0.05, 0.1) is 0 Å². The molecule has 1 aromatic rings. The second kappa shape index (κ2) is 5.32. The molecule has 0 aliphatic carbocycles. The van der Waals surface area contributed by atoms with Crippen LogP contribution in [0.2, 0.25) is 0 Å². The summed E-state index contributed by atoms with van der Waals surface area (Å²) in [6, 6.07) is 1.10. The minimum atomic E-state index is -5.05. The number of benzene rings is 1. The van der Waals surface area contributed by atoms with Crippen LogP contribution in [0, 0.1) is 0 Å². The Hall–Kier alpha value is -1.58. The van der Waals surface area contributed by atoms with Gasteiger partial charge in [-0.1, -0.05) is 15.9 Å². The van der Waals surface area contributed by atoms with Gasteiger partial charge in [0.15, 0.2) is 6.61 Å². The first-order valence-electron chi connectivity index (χ1n) is 5.45.